The van der Waals surface area contributed by atoms with Gasteiger partial charge in [0.05, 0.1) is 54.9 Å². The van der Waals surface area contributed by atoms with Crippen LogP contribution in [0.2, 0.25) is 0 Å². The molecule has 69 heavy (non-hydrogen) atoms. The van der Waals surface area contributed by atoms with E-state index in [1.54, 1.807) is 13.8 Å². The predicted octanol–water partition coefficient (Wildman–Crippen LogP) is 0.613. The second-order valence-corrected chi connectivity index (χ2v) is 22.3. The molecule has 8 N–H and O–H groups in total. The Hall–Kier alpha value is -1.96. The summed E-state index contributed by atoms with van der Waals surface area (Å²) in [5, 5.41) is 87.5. The van der Waals surface area contributed by atoms with Crippen molar-refractivity contribution in [3.05, 3.63) is 11.6 Å². The van der Waals surface area contributed by atoms with E-state index in [1.807, 2.05) is 6.92 Å². The van der Waals surface area contributed by atoms with Gasteiger partial charge in [0.1, 0.15) is 55.4 Å². The summed E-state index contributed by atoms with van der Waals surface area (Å²) in [6, 6.07) is 0. The van der Waals surface area contributed by atoms with Crippen molar-refractivity contribution in [1.29, 1.82) is 0 Å². The zero-order chi connectivity index (χ0) is 49.5. The topological polar surface area (TPSA) is 288 Å². The fraction of sp³-hybridized carbons (Fsp3) is 0.918. The molecular weight excluding hydrogens is 909 g/mol. The van der Waals surface area contributed by atoms with Gasteiger partial charge < -0.3 is 88.2 Å². The van der Waals surface area contributed by atoms with Crippen LogP contribution in [0.1, 0.15) is 112 Å². The second-order valence-electron chi connectivity index (χ2n) is 22.3. The summed E-state index contributed by atoms with van der Waals surface area (Å²) in [5.41, 5.74) is -0.809. The second kappa shape index (κ2) is 20.0. The lowest BCUT2D eigenvalue weighted by molar-refractivity contribution is -0.355. The van der Waals surface area contributed by atoms with Crippen molar-refractivity contribution >= 4 is 11.9 Å². The van der Waals surface area contributed by atoms with Crippen LogP contribution in [0.5, 0.6) is 0 Å². The van der Waals surface area contributed by atoms with Crippen LogP contribution in [-0.2, 0) is 57.0 Å². The molecule has 20 heteroatoms. The van der Waals surface area contributed by atoms with Crippen LogP contribution in [0, 0.1) is 34.5 Å². The van der Waals surface area contributed by atoms with Crippen molar-refractivity contribution in [1.82, 2.24) is 0 Å². The lowest BCUT2D eigenvalue weighted by Crippen LogP contribution is -2.62. The lowest BCUT2D eigenvalue weighted by Gasteiger charge is -2.63. The third-order valence-electron chi connectivity index (χ3n) is 18.2. The minimum absolute atomic E-state index is 0.000687. The molecule has 0 spiro atoms. The summed E-state index contributed by atoms with van der Waals surface area (Å²) in [6.07, 6.45) is -10.8. The normalized spacial score (nSPS) is 53.3. The molecule has 9 rings (SSSR count). The lowest BCUT2D eigenvalue weighted by atomic mass is 9.43. The molecular formula is C49H76O20. The fourth-order valence-electron chi connectivity index (χ4n) is 14.7. The zero-order valence-corrected chi connectivity index (χ0v) is 40.5. The maximum atomic E-state index is 12.6. The summed E-state index contributed by atoms with van der Waals surface area (Å²) in [5.74, 6) is -0.609. The standard InChI is InChI=1S/C49H76O20/c1-21-43(67-37-16-31(53)44(22(2)62-37)68-38-17-33(64-24(4)51)45(23(3)63-38)69-46-42(58)41(57)40(56)34(19-50)66-46)30(52)15-36(61-21)65-27-9-11-47(5)26(14-27)7-8-29-28(47)10-12-48(6)39(25-13-35(55)60-20-25)32(54)18-49(29,48)59/h13,21-23,26-34,36-46,50,52-54,56-59H,7-12,14-20H2,1-6H3/t21?,22?,23?,26-,27+,28?,29-,30?,31?,32-,33?,34?,36?,37?,38?,39+,40?,41?,42?,43?,44?,45?,46?,47+,48-,49+/m1/s1. The summed E-state index contributed by atoms with van der Waals surface area (Å²) >= 11 is 0. The third-order valence-corrected chi connectivity index (χ3v) is 18.2. The fourth-order valence-corrected chi connectivity index (χ4v) is 14.7. The number of aliphatic hydroxyl groups is 8. The molecule has 5 heterocycles. The largest absolute Gasteiger partial charge is 0.459 e. The Balaban J connectivity index is 0.749. The molecule has 18 unspecified atom stereocenters. The first kappa shape index (κ1) is 51.9. The number of rotatable bonds is 11. The van der Waals surface area contributed by atoms with Gasteiger partial charge in [-0.2, -0.15) is 0 Å². The van der Waals surface area contributed by atoms with Crippen molar-refractivity contribution in [2.75, 3.05) is 13.2 Å². The summed E-state index contributed by atoms with van der Waals surface area (Å²) in [6.45, 7) is 10.4. The van der Waals surface area contributed by atoms with Crippen LogP contribution in [-0.4, -0.2) is 188 Å². The molecule has 9 aliphatic rings. The molecule has 5 aliphatic heterocycles. The molecule has 392 valence electrons. The SMILES string of the molecule is CC(=O)OC1CC(OC2C(O)CC(OC3C(O)CC(O[C@H]4CC[C@]5(C)C6CC[C@]7(C)[C@@H](C8=CC(=O)OC8)[C@H](O)C[C@]7(O)[C@@H]6CC[C@@H]5C4)OC3C)OC2C)OC(C)C1OC1OC(CO)C(O)C(O)C1O. The van der Waals surface area contributed by atoms with Crippen LogP contribution < -0.4 is 0 Å². The average molecular weight is 985 g/mol. The molecule has 4 saturated heterocycles. The van der Waals surface area contributed by atoms with Gasteiger partial charge in [-0.3, -0.25) is 4.79 Å². The van der Waals surface area contributed by atoms with Crippen molar-refractivity contribution in [2.45, 2.75) is 234 Å². The van der Waals surface area contributed by atoms with E-state index in [4.69, 9.17) is 47.4 Å². The van der Waals surface area contributed by atoms with Crippen molar-refractivity contribution in [3.8, 4) is 0 Å². The highest BCUT2D eigenvalue weighted by molar-refractivity contribution is 5.85. The van der Waals surface area contributed by atoms with Gasteiger partial charge >= 0.3 is 11.9 Å². The highest BCUT2D eigenvalue weighted by Gasteiger charge is 2.70. The number of carbonyl (C=O) groups is 2. The number of cyclic esters (lactones) is 1. The first-order valence-electron chi connectivity index (χ1n) is 25.3. The Kier molecular flexibility index (Phi) is 15.1. The van der Waals surface area contributed by atoms with Crippen molar-refractivity contribution < 1.29 is 97.8 Å². The van der Waals surface area contributed by atoms with E-state index in [0.29, 0.717) is 18.3 Å². The van der Waals surface area contributed by atoms with E-state index >= 15 is 0 Å². The molecule has 4 aliphatic carbocycles. The molecule has 26 atom stereocenters. The molecule has 0 aromatic heterocycles. The summed E-state index contributed by atoms with van der Waals surface area (Å²) in [7, 11) is 0. The Morgan fingerprint density at radius 2 is 1.33 bits per heavy atom. The zero-order valence-electron chi connectivity index (χ0n) is 40.5. The van der Waals surface area contributed by atoms with Crippen LogP contribution in [0.4, 0.5) is 0 Å². The molecule has 0 aromatic rings. The van der Waals surface area contributed by atoms with E-state index in [9.17, 15) is 50.4 Å². The van der Waals surface area contributed by atoms with E-state index in [1.165, 1.54) is 13.0 Å². The number of hydrogen-bond acceptors (Lipinski definition) is 20. The van der Waals surface area contributed by atoms with Crippen LogP contribution in [0.3, 0.4) is 0 Å². The Labute approximate surface area is 402 Å². The van der Waals surface area contributed by atoms with E-state index in [2.05, 4.69) is 13.8 Å². The van der Waals surface area contributed by atoms with Gasteiger partial charge in [0.25, 0.3) is 0 Å². The minimum Gasteiger partial charge on any atom is -0.459 e. The Morgan fingerprint density at radius 1 is 0.710 bits per heavy atom. The van der Waals surface area contributed by atoms with Crippen molar-refractivity contribution in [3.63, 3.8) is 0 Å². The van der Waals surface area contributed by atoms with Crippen LogP contribution in [0.15, 0.2) is 11.6 Å². The van der Waals surface area contributed by atoms with Crippen molar-refractivity contribution in [2.24, 2.45) is 34.5 Å². The first-order chi connectivity index (χ1) is 32.6. The maximum Gasteiger partial charge on any atom is 0.331 e. The number of esters is 2. The number of ether oxygens (including phenoxy) is 10. The van der Waals surface area contributed by atoms with E-state index in [-0.39, 0.29) is 55.2 Å². The molecule has 4 saturated carbocycles. The highest BCUT2D eigenvalue weighted by Crippen LogP contribution is 2.70. The van der Waals surface area contributed by atoms with Gasteiger partial charge in [-0.1, -0.05) is 13.8 Å². The average Bonchev–Trinajstić information content (AvgIpc) is 3.79. The summed E-state index contributed by atoms with van der Waals surface area (Å²) in [4.78, 5) is 24.2. The van der Waals surface area contributed by atoms with Crippen LogP contribution in [0.25, 0.3) is 0 Å². The molecule has 0 aromatic carbocycles. The highest BCUT2D eigenvalue weighted by atomic mass is 16.8. The van der Waals surface area contributed by atoms with Gasteiger partial charge in [0, 0.05) is 50.0 Å². The monoisotopic (exact) mass is 984 g/mol. The predicted molar refractivity (Wildman–Crippen MR) is 235 cm³/mol. The molecule has 20 nitrogen and oxygen atoms in total. The van der Waals surface area contributed by atoms with E-state index < -0.39 is 134 Å². The molecule has 0 bridgehead atoms. The summed E-state index contributed by atoms with van der Waals surface area (Å²) < 4.78 is 60.1. The molecule has 0 radical (unpaired) electrons. The minimum atomic E-state index is -1.68. The quantitative estimate of drug-likeness (QED) is 0.104. The number of carbonyl (C=O) groups excluding carboxylic acids is 2. The Morgan fingerprint density at radius 3 is 1.93 bits per heavy atom. The van der Waals surface area contributed by atoms with E-state index in [0.717, 1.165) is 50.5 Å². The maximum absolute atomic E-state index is 12.6. The Bertz CT molecular complexity index is 1850. The molecule has 8 fully saturated rings. The van der Waals surface area contributed by atoms with Gasteiger partial charge in [-0.05, 0) is 94.5 Å². The first-order valence-corrected chi connectivity index (χ1v) is 25.3. The third kappa shape index (κ3) is 9.59. The molecule has 0 amide bonds. The smallest absolute Gasteiger partial charge is 0.331 e. The van der Waals surface area contributed by atoms with Gasteiger partial charge in [-0.15, -0.1) is 0 Å². The van der Waals surface area contributed by atoms with Gasteiger partial charge in [0.2, 0.25) is 0 Å². The number of aliphatic hydroxyl groups excluding tert-OH is 7. The number of hydrogen-bond donors (Lipinski definition) is 8. The number of fused-ring (bicyclic) bond motifs is 5. The van der Waals surface area contributed by atoms with Gasteiger partial charge in [0.15, 0.2) is 25.2 Å². The van der Waals surface area contributed by atoms with Gasteiger partial charge in [-0.25, -0.2) is 4.79 Å². The van der Waals surface area contributed by atoms with Crippen LogP contribution >= 0.6 is 0 Å².